The fourth-order valence-electron chi connectivity index (χ4n) is 3.35. The van der Waals surface area contributed by atoms with Gasteiger partial charge in [-0.15, -0.1) is 0 Å². The molecule has 0 aliphatic carbocycles. The van der Waals surface area contributed by atoms with Crippen molar-refractivity contribution in [3.8, 4) is 23.6 Å². The first kappa shape index (κ1) is 35.5. The molecule has 0 saturated carbocycles. The lowest BCUT2D eigenvalue weighted by molar-refractivity contribution is -0.138. The van der Waals surface area contributed by atoms with Gasteiger partial charge in [0.2, 0.25) is 0 Å². The van der Waals surface area contributed by atoms with E-state index in [4.69, 9.17) is 33.0 Å². The third-order valence-electron chi connectivity index (χ3n) is 5.45. The number of phenolic OH excluding ortho intramolecular Hbond substituents is 2. The summed E-state index contributed by atoms with van der Waals surface area (Å²) >= 11 is 4.98. The highest BCUT2D eigenvalue weighted by Crippen LogP contribution is 2.34. The quantitative estimate of drug-likeness (QED) is 0.0776. The largest absolute Gasteiger partial charge is 0.506 e. The van der Waals surface area contributed by atoms with E-state index in [0.29, 0.717) is 5.56 Å². The van der Waals surface area contributed by atoms with Gasteiger partial charge in [0.1, 0.15) is 11.5 Å². The zero-order valence-electron chi connectivity index (χ0n) is 22.4. The Labute approximate surface area is 256 Å². The van der Waals surface area contributed by atoms with Crippen LogP contribution in [0, 0.1) is 22.7 Å². The zero-order chi connectivity index (χ0) is 33.9. The van der Waals surface area contributed by atoms with Crippen molar-refractivity contribution in [3.63, 3.8) is 0 Å². The van der Waals surface area contributed by atoms with Gasteiger partial charge in [-0.05, 0) is 72.3 Å². The molecular weight excluding hydrogens is 630 g/mol. The molecule has 4 aromatic carbocycles. The summed E-state index contributed by atoms with van der Waals surface area (Å²) in [4.78, 5) is 22.6. The Morgan fingerprint density at radius 3 is 1.60 bits per heavy atom. The topological polar surface area (TPSA) is 160 Å². The lowest BCUT2D eigenvalue weighted by Crippen LogP contribution is -2.18. The van der Waals surface area contributed by atoms with Crippen molar-refractivity contribution in [1.82, 2.24) is 0 Å². The number of halogens is 7. The number of carbonyl (C=O) groups is 2. The zero-order valence-corrected chi connectivity index (χ0v) is 23.2. The highest BCUT2D eigenvalue weighted by molar-refractivity contribution is 6.67. The minimum absolute atomic E-state index is 0.0130. The van der Waals surface area contributed by atoms with Crippen LogP contribution in [0.3, 0.4) is 0 Å². The van der Waals surface area contributed by atoms with Crippen LogP contribution >= 0.6 is 11.6 Å². The molecule has 4 aromatic rings. The van der Waals surface area contributed by atoms with E-state index in [0.717, 1.165) is 24.3 Å². The number of amides is 1. The van der Waals surface area contributed by atoms with Crippen molar-refractivity contribution < 1.29 is 46.1 Å². The molecule has 1 amide bonds. The predicted molar refractivity (Wildman–Crippen MR) is 151 cm³/mol. The summed E-state index contributed by atoms with van der Waals surface area (Å²) in [5, 5.41) is 36.7. The van der Waals surface area contributed by atoms with Gasteiger partial charge in [-0.25, -0.2) is 0 Å². The third-order valence-corrected chi connectivity index (χ3v) is 5.66. The van der Waals surface area contributed by atoms with Gasteiger partial charge in [-0.1, -0.05) is 24.3 Å². The number of phenols is 2. The van der Waals surface area contributed by atoms with Gasteiger partial charge >= 0.3 is 12.4 Å². The van der Waals surface area contributed by atoms with Gasteiger partial charge in [0.25, 0.3) is 11.1 Å². The van der Waals surface area contributed by atoms with Crippen molar-refractivity contribution >= 4 is 34.1 Å². The Balaban J connectivity index is 0.000000259. The molecule has 5 N–H and O–H groups in total. The van der Waals surface area contributed by atoms with Crippen LogP contribution in [0.25, 0.3) is 0 Å². The number of benzene rings is 4. The summed E-state index contributed by atoms with van der Waals surface area (Å²) in [5.74, 6) is -1.37. The molecule has 0 atom stereocenters. The molecular formula is C30H19ClF6N4O4. The maximum Gasteiger partial charge on any atom is 0.417 e. The summed E-state index contributed by atoms with van der Waals surface area (Å²) in [6, 6.07) is 20.4. The van der Waals surface area contributed by atoms with Crippen molar-refractivity contribution in [2.75, 3.05) is 11.1 Å². The Hall–Kier alpha value is -5.73. The molecule has 4 rings (SSSR count). The number of nitrogens with one attached hydrogen (secondary N) is 1. The summed E-state index contributed by atoms with van der Waals surface area (Å²) in [7, 11) is 0. The Morgan fingerprint density at radius 1 is 0.711 bits per heavy atom. The molecule has 0 aliphatic rings. The number of anilines is 2. The first-order valence-electron chi connectivity index (χ1n) is 12.0. The number of nitrogen functional groups attached to an aromatic ring is 1. The lowest BCUT2D eigenvalue weighted by atomic mass is 10.1. The molecule has 45 heavy (non-hydrogen) atoms. The Bertz CT molecular complexity index is 1780. The van der Waals surface area contributed by atoms with Crippen LogP contribution in [0.1, 0.15) is 43.0 Å². The first-order valence-corrected chi connectivity index (χ1v) is 12.4. The number of nitriles is 2. The second-order valence-electron chi connectivity index (χ2n) is 8.54. The van der Waals surface area contributed by atoms with E-state index in [-0.39, 0.29) is 28.4 Å². The SMILES string of the molecule is N#Cc1ccc(O)c(N)c1.N#Cc1ccc(O)c(NC(=O)c2ccccc2C(F)(F)F)c1.O=C(Cl)c1ccccc1C(F)(F)F. The lowest BCUT2D eigenvalue weighted by Gasteiger charge is -2.13. The molecule has 0 bridgehead atoms. The number of hydrogen-bond donors (Lipinski definition) is 4. The van der Waals surface area contributed by atoms with Crippen LogP contribution in [0.2, 0.25) is 0 Å². The number of hydrogen-bond acceptors (Lipinski definition) is 7. The summed E-state index contributed by atoms with van der Waals surface area (Å²) < 4.78 is 75.2. The van der Waals surface area contributed by atoms with Gasteiger partial charge in [-0.3, -0.25) is 9.59 Å². The predicted octanol–water partition coefficient (Wildman–Crippen LogP) is 7.47. The fraction of sp³-hybridized carbons (Fsp3) is 0.0667. The second-order valence-corrected chi connectivity index (χ2v) is 8.89. The van der Waals surface area contributed by atoms with Gasteiger partial charge < -0.3 is 21.3 Å². The second kappa shape index (κ2) is 15.1. The minimum atomic E-state index is -4.68. The Kier molecular flexibility index (Phi) is 11.9. The molecule has 8 nitrogen and oxygen atoms in total. The van der Waals surface area contributed by atoms with E-state index in [1.54, 1.807) is 6.07 Å². The Morgan fingerprint density at radius 2 is 1.16 bits per heavy atom. The summed E-state index contributed by atoms with van der Waals surface area (Å²) in [5.41, 5.74) is 2.82. The van der Waals surface area contributed by atoms with Crippen LogP contribution in [0.5, 0.6) is 11.5 Å². The van der Waals surface area contributed by atoms with Crippen molar-refractivity contribution in [1.29, 1.82) is 10.5 Å². The number of aromatic hydroxyl groups is 2. The molecule has 0 spiro atoms. The molecule has 232 valence electrons. The highest BCUT2D eigenvalue weighted by atomic mass is 35.5. The van der Waals surface area contributed by atoms with E-state index in [1.807, 2.05) is 6.07 Å². The van der Waals surface area contributed by atoms with Gasteiger partial charge in [-0.2, -0.15) is 36.9 Å². The van der Waals surface area contributed by atoms with E-state index >= 15 is 0 Å². The number of rotatable bonds is 3. The van der Waals surface area contributed by atoms with E-state index < -0.39 is 45.8 Å². The van der Waals surface area contributed by atoms with Crippen LogP contribution < -0.4 is 11.1 Å². The average molecular weight is 649 g/mol. The smallest absolute Gasteiger partial charge is 0.417 e. The van der Waals surface area contributed by atoms with Crippen LogP contribution in [-0.4, -0.2) is 21.4 Å². The highest BCUT2D eigenvalue weighted by Gasteiger charge is 2.35. The van der Waals surface area contributed by atoms with Crippen molar-refractivity contribution in [2.24, 2.45) is 0 Å². The van der Waals surface area contributed by atoms with Gasteiger partial charge in [0, 0.05) is 5.56 Å². The maximum atomic E-state index is 12.9. The van der Waals surface area contributed by atoms with Crippen LogP contribution in [-0.2, 0) is 12.4 Å². The third kappa shape index (κ3) is 10.2. The van der Waals surface area contributed by atoms with Gasteiger partial charge in [0.05, 0.1) is 51.3 Å². The molecule has 15 heteroatoms. The molecule has 0 aromatic heterocycles. The number of alkyl halides is 6. The van der Waals surface area contributed by atoms with Gasteiger partial charge in [0.15, 0.2) is 0 Å². The molecule has 0 saturated heterocycles. The summed E-state index contributed by atoms with van der Waals surface area (Å²) in [6.07, 6.45) is -9.22. The van der Waals surface area contributed by atoms with Crippen LogP contribution in [0.15, 0.2) is 84.9 Å². The maximum absolute atomic E-state index is 12.9. The number of carbonyl (C=O) groups excluding carboxylic acids is 2. The standard InChI is InChI=1S/C15H9F3N2O2.C8H4ClF3O.C7H6N2O/c16-15(17,18)11-4-2-1-3-10(11)14(22)20-12-7-9(8-19)5-6-13(12)21;9-7(13)5-3-1-2-4-6(5)8(10,11)12;8-4-5-1-2-7(10)6(9)3-5/h1-7,21H,(H,20,22);1-4H;1-3,10H,9H2. The summed E-state index contributed by atoms with van der Waals surface area (Å²) in [6.45, 7) is 0. The monoisotopic (exact) mass is 648 g/mol. The fourth-order valence-corrected chi connectivity index (χ4v) is 3.51. The first-order chi connectivity index (χ1) is 21.0. The molecule has 0 radical (unpaired) electrons. The molecule has 0 heterocycles. The number of nitrogens with zero attached hydrogens (tertiary/aromatic N) is 2. The molecule has 0 unspecified atom stereocenters. The molecule has 0 fully saturated rings. The molecule has 0 aliphatic heterocycles. The van der Waals surface area contributed by atoms with Crippen molar-refractivity contribution in [3.05, 3.63) is 118 Å². The van der Waals surface area contributed by atoms with Crippen molar-refractivity contribution in [2.45, 2.75) is 12.4 Å². The number of nitrogens with two attached hydrogens (primary N) is 1. The normalized spacial score (nSPS) is 10.5. The van der Waals surface area contributed by atoms with E-state index in [1.165, 1.54) is 60.7 Å². The van der Waals surface area contributed by atoms with Crippen LogP contribution in [0.4, 0.5) is 37.7 Å². The minimum Gasteiger partial charge on any atom is -0.506 e. The van der Waals surface area contributed by atoms with E-state index in [9.17, 15) is 41.0 Å². The van der Waals surface area contributed by atoms with E-state index in [2.05, 4.69) is 5.32 Å². The average Bonchev–Trinajstić information content (AvgIpc) is 2.99.